The van der Waals surface area contributed by atoms with Crippen molar-refractivity contribution < 1.29 is 9.47 Å². The third-order valence-corrected chi connectivity index (χ3v) is 5.65. The number of likely N-dealkylation sites (tertiary alicyclic amines) is 1. The molecule has 6 heteroatoms. The summed E-state index contributed by atoms with van der Waals surface area (Å²) in [5, 5.41) is 6.87. The zero-order chi connectivity index (χ0) is 18.5. The third kappa shape index (κ3) is 8.69. The standard InChI is InChI=1S/C20H40N4O2/c1-21-20(22-11-15-26-19-7-5-3-4-6-8-19)23-17-18-9-12-24(13-10-18)14-16-25-2/h18-19H,3-17H2,1-2H3,(H2,21,22,23). The van der Waals surface area contributed by atoms with Gasteiger partial charge in [-0.1, -0.05) is 25.7 Å². The van der Waals surface area contributed by atoms with Crippen molar-refractivity contribution in [3.05, 3.63) is 0 Å². The van der Waals surface area contributed by atoms with E-state index in [1.54, 1.807) is 7.11 Å². The van der Waals surface area contributed by atoms with Crippen LogP contribution in [0.25, 0.3) is 0 Å². The predicted molar refractivity (Wildman–Crippen MR) is 108 cm³/mol. The predicted octanol–water partition coefficient (Wildman–Crippen LogP) is 2.25. The highest BCUT2D eigenvalue weighted by atomic mass is 16.5. The molecule has 2 fully saturated rings. The maximum absolute atomic E-state index is 6.04. The molecular weight excluding hydrogens is 328 g/mol. The first kappa shape index (κ1) is 21.5. The van der Waals surface area contributed by atoms with Gasteiger partial charge in [-0.2, -0.15) is 0 Å². The number of aliphatic imine (C=N–C) groups is 1. The van der Waals surface area contributed by atoms with Crippen molar-refractivity contribution in [3.8, 4) is 0 Å². The minimum absolute atomic E-state index is 0.470. The molecule has 152 valence electrons. The van der Waals surface area contributed by atoms with Gasteiger partial charge in [0.05, 0.1) is 19.3 Å². The molecule has 6 nitrogen and oxygen atoms in total. The first-order valence-corrected chi connectivity index (χ1v) is 10.6. The zero-order valence-electron chi connectivity index (χ0n) is 17.0. The van der Waals surface area contributed by atoms with Crippen molar-refractivity contribution in [1.29, 1.82) is 0 Å². The lowest BCUT2D eigenvalue weighted by molar-refractivity contribution is 0.0468. The van der Waals surface area contributed by atoms with E-state index in [0.717, 1.165) is 44.7 Å². The van der Waals surface area contributed by atoms with Crippen LogP contribution in [0, 0.1) is 5.92 Å². The summed E-state index contributed by atoms with van der Waals surface area (Å²) in [5.74, 6) is 1.63. The third-order valence-electron chi connectivity index (χ3n) is 5.65. The molecule has 2 N–H and O–H groups in total. The normalized spacial score (nSPS) is 21.5. The Hall–Kier alpha value is -0.850. The van der Waals surface area contributed by atoms with E-state index in [2.05, 4.69) is 20.5 Å². The average molecular weight is 369 g/mol. The Bertz CT molecular complexity index is 376. The van der Waals surface area contributed by atoms with Gasteiger partial charge in [0.25, 0.3) is 0 Å². The summed E-state index contributed by atoms with van der Waals surface area (Å²) in [6.45, 7) is 6.84. The first-order chi connectivity index (χ1) is 12.8. The maximum atomic E-state index is 6.04. The number of hydrogen-bond donors (Lipinski definition) is 2. The van der Waals surface area contributed by atoms with Crippen LogP contribution in [-0.4, -0.2) is 77.1 Å². The van der Waals surface area contributed by atoms with E-state index in [-0.39, 0.29) is 0 Å². The second-order valence-electron chi connectivity index (χ2n) is 7.64. The Morgan fingerprint density at radius 1 is 1.00 bits per heavy atom. The first-order valence-electron chi connectivity index (χ1n) is 10.6. The van der Waals surface area contributed by atoms with Crippen LogP contribution in [0.4, 0.5) is 0 Å². The number of methoxy groups -OCH3 is 1. The fraction of sp³-hybridized carbons (Fsp3) is 0.950. The Morgan fingerprint density at radius 3 is 2.38 bits per heavy atom. The molecule has 2 aliphatic rings. The molecule has 0 aromatic heterocycles. The van der Waals surface area contributed by atoms with Crippen LogP contribution in [0.2, 0.25) is 0 Å². The van der Waals surface area contributed by atoms with E-state index in [1.165, 1.54) is 64.5 Å². The van der Waals surface area contributed by atoms with Gasteiger partial charge < -0.3 is 25.0 Å². The van der Waals surface area contributed by atoms with Crippen molar-refractivity contribution in [2.24, 2.45) is 10.9 Å². The van der Waals surface area contributed by atoms with Gasteiger partial charge in [0.1, 0.15) is 0 Å². The molecular formula is C20H40N4O2. The fourth-order valence-corrected chi connectivity index (χ4v) is 3.90. The van der Waals surface area contributed by atoms with Gasteiger partial charge in [-0.3, -0.25) is 4.99 Å². The number of guanidine groups is 1. The Morgan fingerprint density at radius 2 is 1.73 bits per heavy atom. The highest BCUT2D eigenvalue weighted by Gasteiger charge is 2.19. The lowest BCUT2D eigenvalue weighted by Gasteiger charge is -2.32. The topological polar surface area (TPSA) is 58.1 Å². The van der Waals surface area contributed by atoms with E-state index >= 15 is 0 Å². The summed E-state index contributed by atoms with van der Waals surface area (Å²) in [5.41, 5.74) is 0. The van der Waals surface area contributed by atoms with Crippen molar-refractivity contribution >= 4 is 5.96 Å². The van der Waals surface area contributed by atoms with E-state index < -0.39 is 0 Å². The zero-order valence-corrected chi connectivity index (χ0v) is 17.0. The van der Waals surface area contributed by atoms with Crippen LogP contribution in [-0.2, 0) is 9.47 Å². The Labute approximate surface area is 160 Å². The van der Waals surface area contributed by atoms with Crippen LogP contribution in [0.1, 0.15) is 51.4 Å². The van der Waals surface area contributed by atoms with Crippen LogP contribution < -0.4 is 10.6 Å². The van der Waals surface area contributed by atoms with E-state index in [9.17, 15) is 0 Å². The molecule has 0 aromatic carbocycles. The quantitative estimate of drug-likeness (QED) is 0.283. The van der Waals surface area contributed by atoms with Gasteiger partial charge in [-0.05, 0) is 44.7 Å². The molecule has 0 spiro atoms. The molecule has 2 rings (SSSR count). The number of ether oxygens (including phenoxy) is 2. The maximum Gasteiger partial charge on any atom is 0.191 e. The summed E-state index contributed by atoms with van der Waals surface area (Å²) in [6, 6.07) is 0. The van der Waals surface area contributed by atoms with Crippen LogP contribution in [0.3, 0.4) is 0 Å². The second kappa shape index (κ2) is 13.3. The van der Waals surface area contributed by atoms with Gasteiger partial charge in [0.15, 0.2) is 5.96 Å². The molecule has 1 saturated heterocycles. The number of rotatable bonds is 9. The molecule has 0 unspecified atom stereocenters. The number of nitrogens with zero attached hydrogens (tertiary/aromatic N) is 2. The number of nitrogens with one attached hydrogen (secondary N) is 2. The van der Waals surface area contributed by atoms with Crippen molar-refractivity contribution in [2.45, 2.75) is 57.5 Å². The molecule has 0 atom stereocenters. The van der Waals surface area contributed by atoms with E-state index in [0.29, 0.717) is 6.10 Å². The van der Waals surface area contributed by atoms with Gasteiger partial charge in [-0.15, -0.1) is 0 Å². The largest absolute Gasteiger partial charge is 0.383 e. The van der Waals surface area contributed by atoms with Crippen molar-refractivity contribution in [3.63, 3.8) is 0 Å². The van der Waals surface area contributed by atoms with E-state index in [4.69, 9.17) is 9.47 Å². The Kier molecular flexibility index (Phi) is 11.0. The van der Waals surface area contributed by atoms with Gasteiger partial charge in [-0.25, -0.2) is 0 Å². The summed E-state index contributed by atoms with van der Waals surface area (Å²) >= 11 is 0. The minimum Gasteiger partial charge on any atom is -0.383 e. The summed E-state index contributed by atoms with van der Waals surface area (Å²) in [6.07, 6.45) is 10.8. The van der Waals surface area contributed by atoms with Gasteiger partial charge in [0, 0.05) is 33.8 Å². The lowest BCUT2D eigenvalue weighted by Crippen LogP contribution is -2.44. The molecule has 0 aromatic rings. The Balaban J connectivity index is 1.52. The molecule has 1 aliphatic heterocycles. The monoisotopic (exact) mass is 368 g/mol. The minimum atomic E-state index is 0.470. The van der Waals surface area contributed by atoms with Crippen LogP contribution >= 0.6 is 0 Å². The summed E-state index contributed by atoms with van der Waals surface area (Å²) < 4.78 is 11.2. The molecule has 0 radical (unpaired) electrons. The summed E-state index contributed by atoms with van der Waals surface area (Å²) in [7, 11) is 3.62. The average Bonchev–Trinajstić information content (AvgIpc) is 2.95. The smallest absolute Gasteiger partial charge is 0.191 e. The molecule has 1 saturated carbocycles. The second-order valence-corrected chi connectivity index (χ2v) is 7.64. The number of piperidine rings is 1. The highest BCUT2D eigenvalue weighted by Crippen LogP contribution is 2.19. The lowest BCUT2D eigenvalue weighted by atomic mass is 9.97. The van der Waals surface area contributed by atoms with Crippen LogP contribution in [0.15, 0.2) is 4.99 Å². The van der Waals surface area contributed by atoms with Gasteiger partial charge in [0.2, 0.25) is 0 Å². The molecule has 1 heterocycles. The number of hydrogen-bond acceptors (Lipinski definition) is 4. The molecule has 0 bridgehead atoms. The van der Waals surface area contributed by atoms with E-state index in [1.807, 2.05) is 7.05 Å². The molecule has 26 heavy (non-hydrogen) atoms. The van der Waals surface area contributed by atoms with Crippen molar-refractivity contribution in [1.82, 2.24) is 15.5 Å². The fourth-order valence-electron chi connectivity index (χ4n) is 3.90. The van der Waals surface area contributed by atoms with Crippen LogP contribution in [0.5, 0.6) is 0 Å². The molecule has 1 aliphatic carbocycles. The van der Waals surface area contributed by atoms with Gasteiger partial charge >= 0.3 is 0 Å². The highest BCUT2D eigenvalue weighted by molar-refractivity contribution is 5.79. The SMILES string of the molecule is CN=C(NCCOC1CCCCCC1)NCC1CCN(CCOC)CC1. The molecule has 0 amide bonds. The van der Waals surface area contributed by atoms with Crippen molar-refractivity contribution in [2.75, 3.05) is 60.1 Å². The summed E-state index contributed by atoms with van der Waals surface area (Å²) in [4.78, 5) is 6.84.